The summed E-state index contributed by atoms with van der Waals surface area (Å²) in [5, 5.41) is 22.2. The number of amidine groups is 1. The molecule has 5 N–H and O–H groups in total. The second-order valence-corrected chi connectivity index (χ2v) is 8.72. The number of benzene rings is 4. The lowest BCUT2D eigenvalue weighted by atomic mass is 9.98. The van der Waals surface area contributed by atoms with Crippen molar-refractivity contribution in [2.45, 2.75) is 6.92 Å². The predicted octanol–water partition coefficient (Wildman–Crippen LogP) is 3.26. The largest absolute Gasteiger partial charge is 1.00 e. The van der Waals surface area contributed by atoms with Gasteiger partial charge in [0.25, 0.3) is 0 Å². The lowest BCUT2D eigenvalue weighted by Gasteiger charge is -2.11. The van der Waals surface area contributed by atoms with E-state index in [1.807, 2.05) is 67.7 Å². The highest BCUT2D eigenvalue weighted by molar-refractivity contribution is 6.10. The molecule has 0 spiro atoms. The Morgan fingerprint density at radius 3 is 2.33 bits per heavy atom. The smallest absolute Gasteiger partial charge is 0.221 e. The van der Waals surface area contributed by atoms with E-state index in [2.05, 4.69) is 37.8 Å². The molecule has 4 aromatic carbocycles. The van der Waals surface area contributed by atoms with Crippen molar-refractivity contribution < 1.29 is 21.8 Å². The minimum absolute atomic E-state index is 0. The maximum atomic E-state index is 11.7. The standard InChI is InChI=1S/C29H25N7O.2ClH/c1-18(37)32-21-11-13-24-25-14-12-23(34-35-33-22-10-6-9-20(15-22)29(30)31)17-27(25)36(2)28(26(24)16-21)19-7-4-3-5-8-19;;/h3-17H,1-2H3,(H4,30,31,32,37);2*1H. The molecule has 0 saturated heterocycles. The third kappa shape index (κ3) is 6.14. The number of aromatic nitrogens is 1. The normalized spacial score (nSPS) is 10.6. The lowest BCUT2D eigenvalue weighted by molar-refractivity contribution is -0.632. The molecule has 0 aliphatic carbocycles. The fourth-order valence-electron chi connectivity index (χ4n) is 4.49. The molecule has 0 radical (unpaired) electrons. The number of nitrogen functional groups attached to an aromatic ring is 1. The van der Waals surface area contributed by atoms with E-state index < -0.39 is 0 Å². The Morgan fingerprint density at radius 2 is 1.62 bits per heavy atom. The van der Waals surface area contributed by atoms with Gasteiger partial charge < -0.3 is 23.5 Å². The lowest BCUT2D eigenvalue weighted by Crippen LogP contribution is -3.00. The van der Waals surface area contributed by atoms with Gasteiger partial charge in [0.1, 0.15) is 12.9 Å². The molecule has 8 nitrogen and oxygen atoms in total. The number of hydrogen-bond acceptors (Lipinski definition) is 4. The Morgan fingerprint density at radius 1 is 0.872 bits per heavy atom. The van der Waals surface area contributed by atoms with Crippen LogP contribution in [0.15, 0.2) is 101 Å². The second kappa shape index (κ2) is 12.3. The van der Waals surface area contributed by atoms with Gasteiger partial charge in [-0.2, -0.15) is 4.57 Å². The highest BCUT2D eigenvalue weighted by atomic mass is 35.5. The number of pyridine rings is 1. The van der Waals surface area contributed by atoms with Crippen molar-refractivity contribution in [3.05, 3.63) is 96.6 Å². The molecule has 0 unspecified atom stereocenters. The molecule has 0 fully saturated rings. The van der Waals surface area contributed by atoms with Crippen LogP contribution in [0.3, 0.4) is 0 Å². The summed E-state index contributed by atoms with van der Waals surface area (Å²) in [6, 6.07) is 29.3. The zero-order valence-corrected chi connectivity index (χ0v) is 22.8. The van der Waals surface area contributed by atoms with Gasteiger partial charge in [0.15, 0.2) is 0 Å². The van der Waals surface area contributed by atoms with Crippen LogP contribution in [0.2, 0.25) is 0 Å². The summed E-state index contributed by atoms with van der Waals surface area (Å²) in [5.41, 5.74) is 14.3. The first-order valence-electron chi connectivity index (χ1n) is 11.7. The van der Waals surface area contributed by atoms with Gasteiger partial charge in [0.05, 0.1) is 22.1 Å². The van der Waals surface area contributed by atoms with Gasteiger partial charge in [-0.1, -0.05) is 41.6 Å². The van der Waals surface area contributed by atoms with Gasteiger partial charge >= 0.3 is 0 Å². The summed E-state index contributed by atoms with van der Waals surface area (Å²) in [6.07, 6.45) is 0. The van der Waals surface area contributed by atoms with Crippen molar-refractivity contribution >= 4 is 62.9 Å². The number of anilines is 2. The van der Waals surface area contributed by atoms with E-state index in [1.54, 1.807) is 18.2 Å². The number of aryl methyl sites for hydroxylation is 1. The molecule has 0 aliphatic heterocycles. The maximum Gasteiger partial charge on any atom is 0.221 e. The molecule has 0 saturated carbocycles. The van der Waals surface area contributed by atoms with E-state index in [4.69, 9.17) is 11.1 Å². The number of nitrogens with two attached hydrogens (primary N) is 1. The van der Waals surface area contributed by atoms with Gasteiger partial charge in [-0.15, -0.1) is 17.5 Å². The number of carbonyl (C=O) groups excluding carboxylic acids is 1. The van der Waals surface area contributed by atoms with Crippen LogP contribution in [-0.2, 0) is 11.8 Å². The summed E-state index contributed by atoms with van der Waals surface area (Å²) in [7, 11) is 2.03. The Kier molecular flexibility index (Phi) is 9.19. The van der Waals surface area contributed by atoms with Gasteiger partial charge in [-0.3, -0.25) is 15.6 Å². The van der Waals surface area contributed by atoms with E-state index in [0.29, 0.717) is 16.9 Å². The van der Waals surface area contributed by atoms with Crippen molar-refractivity contribution in [2.75, 3.05) is 10.7 Å². The third-order valence-electron chi connectivity index (χ3n) is 6.13. The topological polar surface area (TPSA) is 120 Å². The Balaban J connectivity index is 0.00000210. The third-order valence-corrected chi connectivity index (χ3v) is 6.13. The number of amides is 1. The van der Waals surface area contributed by atoms with Gasteiger partial charge in [-0.25, -0.2) is 0 Å². The van der Waals surface area contributed by atoms with Crippen LogP contribution in [0.25, 0.3) is 32.9 Å². The second-order valence-electron chi connectivity index (χ2n) is 8.72. The van der Waals surface area contributed by atoms with E-state index in [-0.39, 0.29) is 36.6 Å². The van der Waals surface area contributed by atoms with Gasteiger partial charge in [0, 0.05) is 35.2 Å². The molecule has 198 valence electrons. The Labute approximate surface area is 238 Å². The van der Waals surface area contributed by atoms with Gasteiger partial charge in [0.2, 0.25) is 17.1 Å². The number of fused-ring (bicyclic) bond motifs is 3. The molecule has 10 heteroatoms. The van der Waals surface area contributed by atoms with Crippen LogP contribution < -0.4 is 33.5 Å². The zero-order chi connectivity index (χ0) is 25.9. The summed E-state index contributed by atoms with van der Waals surface area (Å²) in [5.74, 6) is -0.115. The summed E-state index contributed by atoms with van der Waals surface area (Å²) >= 11 is 0. The number of nitrogens with zero attached hydrogens (tertiary/aromatic N) is 3. The van der Waals surface area contributed by atoms with Crippen LogP contribution in [-0.4, -0.2) is 11.7 Å². The maximum absolute atomic E-state index is 11.7. The van der Waals surface area contributed by atoms with Gasteiger partial charge in [-0.05, 0) is 48.5 Å². The minimum Gasteiger partial charge on any atom is -1.00 e. The minimum atomic E-state index is -0.109. The van der Waals surface area contributed by atoms with Crippen molar-refractivity contribution in [3.63, 3.8) is 0 Å². The summed E-state index contributed by atoms with van der Waals surface area (Å²) < 4.78 is 2.15. The molecule has 1 heterocycles. The molecular formula is C29H27Cl2N7O. The molecule has 5 rings (SSSR count). The van der Waals surface area contributed by atoms with Crippen molar-refractivity contribution in [3.8, 4) is 11.3 Å². The predicted molar refractivity (Wildman–Crippen MR) is 155 cm³/mol. The Bertz CT molecular complexity index is 1710. The van der Waals surface area contributed by atoms with Crippen LogP contribution >= 0.6 is 12.4 Å². The van der Waals surface area contributed by atoms with Crippen LogP contribution in [0, 0.1) is 5.41 Å². The molecule has 1 amide bonds. The molecule has 0 aliphatic rings. The monoisotopic (exact) mass is 559 g/mol. The molecular weight excluding hydrogens is 533 g/mol. The fraction of sp³-hybridized carbons (Fsp3) is 0.0690. The fourth-order valence-corrected chi connectivity index (χ4v) is 4.49. The average molecular weight is 560 g/mol. The van der Waals surface area contributed by atoms with E-state index in [0.717, 1.165) is 38.6 Å². The SMILES string of the molecule is CC(=O)Nc1ccc2c(c1)c(-c1ccccc1)[n+](C)c1cc(N=NNc3cccc(C(=N)N)c3)ccc21.Cl.[Cl-]. The highest BCUT2D eigenvalue weighted by Gasteiger charge is 2.21. The first kappa shape index (κ1) is 29.0. The first-order valence-corrected chi connectivity index (χ1v) is 11.7. The van der Waals surface area contributed by atoms with Crippen LogP contribution in [0.5, 0.6) is 0 Å². The molecule has 5 aromatic rings. The zero-order valence-electron chi connectivity index (χ0n) is 21.3. The average Bonchev–Trinajstić information content (AvgIpc) is 2.89. The van der Waals surface area contributed by atoms with Crippen LogP contribution in [0.1, 0.15) is 12.5 Å². The summed E-state index contributed by atoms with van der Waals surface area (Å²) in [4.78, 5) is 11.7. The van der Waals surface area contributed by atoms with E-state index >= 15 is 0 Å². The molecule has 0 bridgehead atoms. The molecule has 0 atom stereocenters. The Hall–Kier alpha value is -4.53. The van der Waals surface area contributed by atoms with Crippen molar-refractivity contribution in [2.24, 2.45) is 23.1 Å². The quantitative estimate of drug-likeness (QED) is 0.0638. The van der Waals surface area contributed by atoms with E-state index in [1.165, 1.54) is 6.92 Å². The van der Waals surface area contributed by atoms with Crippen molar-refractivity contribution in [1.29, 1.82) is 5.41 Å². The highest BCUT2D eigenvalue weighted by Crippen LogP contribution is 2.34. The number of carbonyl (C=O) groups is 1. The number of hydrogen-bond donors (Lipinski definition) is 4. The van der Waals surface area contributed by atoms with Crippen molar-refractivity contribution in [1.82, 2.24) is 0 Å². The number of rotatable bonds is 6. The van der Waals surface area contributed by atoms with E-state index in [9.17, 15) is 4.79 Å². The first-order chi connectivity index (χ1) is 17.9. The number of nitrogens with one attached hydrogen (secondary N) is 3. The molecule has 1 aromatic heterocycles. The summed E-state index contributed by atoms with van der Waals surface area (Å²) in [6.45, 7) is 1.51. The number of halogens is 2. The van der Waals surface area contributed by atoms with Crippen LogP contribution in [0.4, 0.5) is 17.1 Å². The molecule has 39 heavy (non-hydrogen) atoms.